The van der Waals surface area contributed by atoms with Crippen LogP contribution in [0.4, 0.5) is 0 Å². The minimum absolute atomic E-state index is 0.139. The van der Waals surface area contributed by atoms with E-state index in [4.69, 9.17) is 15.2 Å². The van der Waals surface area contributed by atoms with Crippen LogP contribution in [0.5, 0.6) is 11.5 Å². The van der Waals surface area contributed by atoms with Crippen LogP contribution in [0.25, 0.3) is 0 Å². The molecule has 0 radical (unpaired) electrons. The van der Waals surface area contributed by atoms with Crippen LogP contribution < -0.4 is 15.2 Å². The Balaban J connectivity index is 2.47. The van der Waals surface area contributed by atoms with E-state index >= 15 is 0 Å². The smallest absolute Gasteiger partial charge is 0.231 e. The van der Waals surface area contributed by atoms with Gasteiger partial charge in [0.05, 0.1) is 0 Å². The van der Waals surface area contributed by atoms with E-state index < -0.39 is 0 Å². The van der Waals surface area contributed by atoms with E-state index in [-0.39, 0.29) is 6.04 Å². The van der Waals surface area contributed by atoms with Crippen LogP contribution in [0.3, 0.4) is 0 Å². The molecule has 1 aliphatic rings. The van der Waals surface area contributed by atoms with Crippen molar-refractivity contribution in [2.75, 3.05) is 6.79 Å². The third-order valence-corrected chi connectivity index (χ3v) is 2.77. The van der Waals surface area contributed by atoms with Crippen LogP contribution in [0, 0.1) is 13.8 Å². The molecule has 3 nitrogen and oxygen atoms in total. The van der Waals surface area contributed by atoms with Crippen molar-refractivity contribution >= 4 is 0 Å². The van der Waals surface area contributed by atoms with E-state index in [1.807, 2.05) is 6.92 Å². The van der Waals surface area contributed by atoms with Crippen molar-refractivity contribution in [1.29, 1.82) is 0 Å². The first-order chi connectivity index (χ1) is 7.09. The number of hydrogen-bond donors (Lipinski definition) is 1. The predicted molar refractivity (Wildman–Crippen MR) is 59.4 cm³/mol. The van der Waals surface area contributed by atoms with Gasteiger partial charge in [0.15, 0.2) is 11.5 Å². The molecule has 0 saturated heterocycles. The average Bonchev–Trinajstić information content (AvgIpc) is 2.61. The molecule has 2 rings (SSSR count). The Morgan fingerprint density at radius 2 is 2.00 bits per heavy atom. The van der Waals surface area contributed by atoms with Crippen molar-refractivity contribution in [3.8, 4) is 11.5 Å². The first-order valence-electron chi connectivity index (χ1n) is 5.24. The Morgan fingerprint density at radius 3 is 2.67 bits per heavy atom. The van der Waals surface area contributed by atoms with Gasteiger partial charge in [-0.05, 0) is 43.9 Å². The zero-order chi connectivity index (χ0) is 11.0. The van der Waals surface area contributed by atoms with Gasteiger partial charge in [-0.25, -0.2) is 0 Å². The number of rotatable bonds is 2. The number of aryl methyl sites for hydroxylation is 1. The minimum Gasteiger partial charge on any atom is -0.453 e. The van der Waals surface area contributed by atoms with Gasteiger partial charge in [0.25, 0.3) is 0 Å². The Morgan fingerprint density at radius 1 is 1.33 bits per heavy atom. The van der Waals surface area contributed by atoms with E-state index in [0.717, 1.165) is 29.0 Å². The highest BCUT2D eigenvalue weighted by Gasteiger charge is 2.22. The molecule has 0 aromatic heterocycles. The minimum atomic E-state index is 0.139. The second-order valence-electron chi connectivity index (χ2n) is 4.22. The van der Waals surface area contributed by atoms with E-state index in [2.05, 4.69) is 19.9 Å². The molecule has 0 fully saturated rings. The van der Waals surface area contributed by atoms with Gasteiger partial charge in [-0.1, -0.05) is 6.07 Å². The Kier molecular flexibility index (Phi) is 2.57. The van der Waals surface area contributed by atoms with Gasteiger partial charge in [-0.3, -0.25) is 0 Å². The number of nitrogens with two attached hydrogens (primary N) is 1. The Labute approximate surface area is 90.2 Å². The first kappa shape index (κ1) is 10.3. The molecular formula is C12H17NO2. The standard InChI is InChI=1S/C12H17NO2/c1-7-4-10(5-8(2)13)12-11(9(7)3)14-6-15-12/h4,8H,5-6,13H2,1-3H3. The monoisotopic (exact) mass is 207 g/mol. The maximum atomic E-state index is 5.81. The third kappa shape index (κ3) is 1.79. The summed E-state index contributed by atoms with van der Waals surface area (Å²) >= 11 is 0. The molecule has 3 heteroatoms. The number of hydrogen-bond acceptors (Lipinski definition) is 3. The lowest BCUT2D eigenvalue weighted by molar-refractivity contribution is 0.172. The number of benzene rings is 1. The van der Waals surface area contributed by atoms with Crippen LogP contribution in [-0.4, -0.2) is 12.8 Å². The summed E-state index contributed by atoms with van der Waals surface area (Å²) in [5, 5.41) is 0. The fourth-order valence-electron chi connectivity index (χ4n) is 1.91. The molecule has 1 atom stereocenters. The summed E-state index contributed by atoms with van der Waals surface area (Å²) in [6, 6.07) is 2.28. The Hall–Kier alpha value is -1.22. The predicted octanol–water partition coefficient (Wildman–Crippen LogP) is 1.92. The number of fused-ring (bicyclic) bond motifs is 1. The molecule has 0 aliphatic carbocycles. The summed E-state index contributed by atoms with van der Waals surface area (Å²) in [5.74, 6) is 1.78. The van der Waals surface area contributed by atoms with Crippen molar-refractivity contribution in [3.63, 3.8) is 0 Å². The summed E-state index contributed by atoms with van der Waals surface area (Å²) < 4.78 is 11.0. The second-order valence-corrected chi connectivity index (χ2v) is 4.22. The molecule has 1 aromatic carbocycles. The molecule has 15 heavy (non-hydrogen) atoms. The average molecular weight is 207 g/mol. The van der Waals surface area contributed by atoms with Crippen molar-refractivity contribution in [3.05, 3.63) is 22.8 Å². The molecule has 0 saturated carbocycles. The maximum Gasteiger partial charge on any atom is 0.231 e. The van der Waals surface area contributed by atoms with Crippen LogP contribution in [-0.2, 0) is 6.42 Å². The molecule has 0 bridgehead atoms. The lowest BCUT2D eigenvalue weighted by Gasteiger charge is -2.12. The fourth-order valence-corrected chi connectivity index (χ4v) is 1.91. The Bertz CT molecular complexity index is 386. The molecule has 2 N–H and O–H groups in total. The fraction of sp³-hybridized carbons (Fsp3) is 0.500. The quantitative estimate of drug-likeness (QED) is 0.805. The van der Waals surface area contributed by atoms with E-state index in [1.165, 1.54) is 5.56 Å². The lowest BCUT2D eigenvalue weighted by atomic mass is 9.99. The highest BCUT2D eigenvalue weighted by molar-refractivity contribution is 5.56. The van der Waals surface area contributed by atoms with Gasteiger partial charge < -0.3 is 15.2 Å². The van der Waals surface area contributed by atoms with Crippen LogP contribution >= 0.6 is 0 Å². The molecule has 82 valence electrons. The normalized spacial score (nSPS) is 15.5. The summed E-state index contributed by atoms with van der Waals surface area (Å²) in [6.45, 7) is 6.46. The van der Waals surface area contributed by atoms with Crippen molar-refractivity contribution in [2.45, 2.75) is 33.2 Å². The topological polar surface area (TPSA) is 44.5 Å². The second kappa shape index (κ2) is 3.74. The van der Waals surface area contributed by atoms with Crippen molar-refractivity contribution in [1.82, 2.24) is 0 Å². The van der Waals surface area contributed by atoms with Gasteiger partial charge >= 0.3 is 0 Å². The highest BCUT2D eigenvalue weighted by Crippen LogP contribution is 2.40. The first-order valence-corrected chi connectivity index (χ1v) is 5.24. The van der Waals surface area contributed by atoms with Crippen LogP contribution in [0.1, 0.15) is 23.6 Å². The van der Waals surface area contributed by atoms with Crippen LogP contribution in [0.15, 0.2) is 6.07 Å². The lowest BCUT2D eigenvalue weighted by Crippen LogP contribution is -2.18. The molecule has 0 amide bonds. The van der Waals surface area contributed by atoms with Crippen LogP contribution in [0.2, 0.25) is 0 Å². The molecular weight excluding hydrogens is 190 g/mol. The zero-order valence-electron chi connectivity index (χ0n) is 9.46. The largest absolute Gasteiger partial charge is 0.453 e. The third-order valence-electron chi connectivity index (χ3n) is 2.77. The summed E-state index contributed by atoms with van der Waals surface area (Å²) in [7, 11) is 0. The zero-order valence-corrected chi connectivity index (χ0v) is 9.46. The molecule has 1 unspecified atom stereocenters. The summed E-state index contributed by atoms with van der Waals surface area (Å²) in [5.41, 5.74) is 9.36. The number of ether oxygens (including phenoxy) is 2. The van der Waals surface area contributed by atoms with Gasteiger partial charge in [0.2, 0.25) is 6.79 Å². The molecule has 1 heterocycles. The van der Waals surface area contributed by atoms with Gasteiger partial charge in [-0.2, -0.15) is 0 Å². The van der Waals surface area contributed by atoms with E-state index in [9.17, 15) is 0 Å². The molecule has 1 aromatic rings. The van der Waals surface area contributed by atoms with Crippen molar-refractivity contribution < 1.29 is 9.47 Å². The highest BCUT2D eigenvalue weighted by atomic mass is 16.7. The summed E-state index contributed by atoms with van der Waals surface area (Å²) in [6.07, 6.45) is 0.826. The van der Waals surface area contributed by atoms with Crippen molar-refractivity contribution in [2.24, 2.45) is 5.73 Å². The van der Waals surface area contributed by atoms with E-state index in [1.54, 1.807) is 0 Å². The van der Waals surface area contributed by atoms with Gasteiger partial charge in [-0.15, -0.1) is 0 Å². The SMILES string of the molecule is Cc1cc(CC(C)N)c2c(c1C)OCO2. The molecule has 0 spiro atoms. The molecule has 1 aliphatic heterocycles. The summed E-state index contributed by atoms with van der Waals surface area (Å²) in [4.78, 5) is 0. The van der Waals surface area contributed by atoms with Gasteiger partial charge in [0.1, 0.15) is 0 Å². The van der Waals surface area contributed by atoms with E-state index in [0.29, 0.717) is 6.79 Å². The maximum absolute atomic E-state index is 5.81. The van der Waals surface area contributed by atoms with Gasteiger partial charge in [0, 0.05) is 6.04 Å².